The van der Waals surface area contributed by atoms with Crippen LogP contribution in [0.1, 0.15) is 48.1 Å². The van der Waals surface area contributed by atoms with Gasteiger partial charge in [0.25, 0.3) is 5.91 Å². The third-order valence-electron chi connectivity index (χ3n) is 6.69. The predicted octanol–water partition coefficient (Wildman–Crippen LogP) is 5.35. The van der Waals surface area contributed by atoms with E-state index < -0.39 is 0 Å². The minimum Gasteiger partial charge on any atom is -0.497 e. The maximum Gasteiger partial charge on any atom is 0.274 e. The number of amides is 1. The summed E-state index contributed by atoms with van der Waals surface area (Å²) in [6.07, 6.45) is 9.67. The van der Waals surface area contributed by atoms with Gasteiger partial charge in [-0.1, -0.05) is 0 Å². The number of carbonyl (C=O) groups excluding carboxylic acids is 1. The van der Waals surface area contributed by atoms with Crippen LogP contribution in [0.5, 0.6) is 5.88 Å². The Balaban J connectivity index is 1.37. The van der Waals surface area contributed by atoms with Gasteiger partial charge in [0.15, 0.2) is 0 Å². The molecule has 1 fully saturated rings. The Morgan fingerprint density at radius 1 is 1.20 bits per heavy atom. The highest BCUT2D eigenvalue weighted by molar-refractivity contribution is 7.15. The van der Waals surface area contributed by atoms with E-state index in [0.717, 1.165) is 51.9 Å². The second-order valence-electron chi connectivity index (χ2n) is 9.15. The van der Waals surface area contributed by atoms with Crippen molar-refractivity contribution < 1.29 is 14.3 Å². The molecule has 0 saturated heterocycles. The second kappa shape index (κ2) is 9.77. The van der Waals surface area contributed by atoms with Crippen LogP contribution < -0.4 is 4.74 Å². The van der Waals surface area contributed by atoms with Gasteiger partial charge in [-0.3, -0.25) is 9.79 Å². The van der Waals surface area contributed by atoms with Crippen molar-refractivity contribution in [2.45, 2.75) is 39.5 Å². The van der Waals surface area contributed by atoms with Gasteiger partial charge < -0.3 is 14.4 Å². The second-order valence-corrected chi connectivity index (χ2v) is 10.4. The Bertz CT molecular complexity index is 1270. The van der Waals surface area contributed by atoms with Crippen LogP contribution in [0.25, 0.3) is 10.4 Å². The first-order chi connectivity index (χ1) is 17.0. The molecule has 0 spiro atoms. The van der Waals surface area contributed by atoms with Crippen molar-refractivity contribution >= 4 is 23.0 Å². The molecule has 1 aliphatic heterocycles. The third kappa shape index (κ3) is 4.80. The molecular formula is C27H30N4O3S. The van der Waals surface area contributed by atoms with Gasteiger partial charge in [-0.05, 0) is 56.7 Å². The maximum absolute atomic E-state index is 13.8. The predicted molar refractivity (Wildman–Crippen MR) is 138 cm³/mol. The zero-order chi connectivity index (χ0) is 24.5. The molecule has 2 aromatic heterocycles. The fourth-order valence-electron chi connectivity index (χ4n) is 4.67. The average Bonchev–Trinajstić information content (AvgIpc) is 3.46. The molecule has 0 N–H and O–H groups in total. The van der Waals surface area contributed by atoms with Gasteiger partial charge in [0.1, 0.15) is 11.5 Å². The van der Waals surface area contributed by atoms with Crippen LogP contribution in [0.3, 0.4) is 0 Å². The number of carbonyl (C=O) groups is 1. The number of hydrogen-bond donors (Lipinski definition) is 0. The van der Waals surface area contributed by atoms with E-state index >= 15 is 0 Å². The first-order valence-electron chi connectivity index (χ1n) is 12.0. The van der Waals surface area contributed by atoms with Crippen LogP contribution in [0, 0.1) is 12.8 Å². The molecule has 1 amide bonds. The summed E-state index contributed by atoms with van der Waals surface area (Å²) in [6, 6.07) is 3.75. The molecule has 2 aliphatic carbocycles. The smallest absolute Gasteiger partial charge is 0.274 e. The van der Waals surface area contributed by atoms with Crippen molar-refractivity contribution in [1.82, 2.24) is 14.9 Å². The highest BCUT2D eigenvalue weighted by Crippen LogP contribution is 2.36. The van der Waals surface area contributed by atoms with Gasteiger partial charge in [0.05, 0.1) is 29.8 Å². The minimum absolute atomic E-state index is 0.0152. The quantitative estimate of drug-likeness (QED) is 0.473. The number of thiazole rings is 1. The summed E-state index contributed by atoms with van der Waals surface area (Å²) in [5, 5.41) is 0.865. The van der Waals surface area contributed by atoms with Crippen molar-refractivity contribution in [3.05, 3.63) is 63.8 Å². The molecule has 8 heteroatoms. The standard InChI is InChI=1S/C27H30N4O3S/c1-16-22(33-3)9-8-21-24(16)19(13-28-21)11-12-31(15-18-5-6-18)27(32)25-26(35-17(2)30-25)20-7-10-23(34-4)29-14-20/h7,9-10,13-14,18H,5-6,8,11-12,15H2,1-4H3. The number of nitrogens with zero attached hydrogens (tertiary/aromatic N) is 4. The van der Waals surface area contributed by atoms with Crippen molar-refractivity contribution in [2.75, 3.05) is 27.3 Å². The summed E-state index contributed by atoms with van der Waals surface area (Å²) in [5.41, 5.74) is 5.94. The summed E-state index contributed by atoms with van der Waals surface area (Å²) in [4.78, 5) is 30.3. The van der Waals surface area contributed by atoms with E-state index in [1.807, 2.05) is 30.2 Å². The average molecular weight is 491 g/mol. The number of ether oxygens (including phenoxy) is 2. The van der Waals surface area contributed by atoms with E-state index in [4.69, 9.17) is 9.47 Å². The van der Waals surface area contributed by atoms with Crippen LogP contribution in [0.2, 0.25) is 0 Å². The lowest BCUT2D eigenvalue weighted by Crippen LogP contribution is -2.34. The number of pyridine rings is 1. The number of aryl methyl sites for hydroxylation is 1. The zero-order valence-electron chi connectivity index (χ0n) is 20.6. The number of allylic oxidation sites excluding steroid dienone is 3. The molecule has 1 saturated carbocycles. The lowest BCUT2D eigenvalue weighted by Gasteiger charge is -2.24. The van der Waals surface area contributed by atoms with E-state index in [0.29, 0.717) is 24.0 Å². The maximum atomic E-state index is 13.8. The van der Waals surface area contributed by atoms with E-state index in [2.05, 4.69) is 28.0 Å². The normalized spacial score (nSPS) is 17.0. The minimum atomic E-state index is -0.0152. The van der Waals surface area contributed by atoms with Crippen molar-refractivity contribution in [1.29, 1.82) is 0 Å². The monoisotopic (exact) mass is 490 g/mol. The van der Waals surface area contributed by atoms with Crippen LogP contribution in [-0.4, -0.2) is 53.8 Å². The van der Waals surface area contributed by atoms with Gasteiger partial charge in [-0.25, -0.2) is 9.97 Å². The summed E-state index contributed by atoms with van der Waals surface area (Å²) in [7, 11) is 3.30. The molecule has 0 aromatic carbocycles. The van der Waals surface area contributed by atoms with E-state index in [1.165, 1.54) is 35.3 Å². The highest BCUT2D eigenvalue weighted by Gasteiger charge is 2.31. The molecule has 0 unspecified atom stereocenters. The number of aromatic nitrogens is 2. The van der Waals surface area contributed by atoms with Gasteiger partial charge in [0.2, 0.25) is 5.88 Å². The molecule has 3 aliphatic rings. The molecule has 5 rings (SSSR count). The Kier molecular flexibility index (Phi) is 6.56. The number of aliphatic imine (C=N–C) groups is 1. The zero-order valence-corrected chi connectivity index (χ0v) is 21.4. The lowest BCUT2D eigenvalue weighted by molar-refractivity contribution is 0.0745. The topological polar surface area (TPSA) is 76.9 Å². The van der Waals surface area contributed by atoms with Crippen LogP contribution in [0.15, 0.2) is 58.1 Å². The Morgan fingerprint density at radius 2 is 2.03 bits per heavy atom. The molecule has 2 aromatic rings. The van der Waals surface area contributed by atoms with Crippen molar-refractivity contribution in [3.8, 4) is 16.3 Å². The Labute approximate surface area is 209 Å². The van der Waals surface area contributed by atoms with Crippen LogP contribution in [0.4, 0.5) is 0 Å². The van der Waals surface area contributed by atoms with Gasteiger partial charge in [-0.15, -0.1) is 11.3 Å². The highest BCUT2D eigenvalue weighted by atomic mass is 32.1. The number of hydrogen-bond acceptors (Lipinski definition) is 7. The van der Waals surface area contributed by atoms with Crippen molar-refractivity contribution in [3.63, 3.8) is 0 Å². The number of fused-ring (bicyclic) bond motifs is 1. The van der Waals surface area contributed by atoms with Crippen molar-refractivity contribution in [2.24, 2.45) is 10.9 Å². The molecule has 35 heavy (non-hydrogen) atoms. The molecular weight excluding hydrogens is 460 g/mol. The number of methoxy groups -OCH3 is 2. The lowest BCUT2D eigenvalue weighted by atomic mass is 9.90. The molecule has 0 atom stereocenters. The summed E-state index contributed by atoms with van der Waals surface area (Å²) >= 11 is 1.53. The molecule has 182 valence electrons. The van der Waals surface area contributed by atoms with E-state index in [1.54, 1.807) is 20.4 Å². The first-order valence-corrected chi connectivity index (χ1v) is 12.8. The summed E-state index contributed by atoms with van der Waals surface area (Å²) in [5.74, 6) is 2.02. The molecule has 7 nitrogen and oxygen atoms in total. The number of rotatable bonds is 9. The fourth-order valence-corrected chi connectivity index (χ4v) is 5.57. The van der Waals surface area contributed by atoms with E-state index in [-0.39, 0.29) is 5.91 Å². The Morgan fingerprint density at radius 3 is 2.71 bits per heavy atom. The van der Waals surface area contributed by atoms with Crippen LogP contribution >= 0.6 is 11.3 Å². The summed E-state index contributed by atoms with van der Waals surface area (Å²) < 4.78 is 10.7. The first kappa shape index (κ1) is 23.5. The van der Waals surface area contributed by atoms with Gasteiger partial charge in [-0.2, -0.15) is 0 Å². The fraction of sp³-hybridized carbons (Fsp3) is 0.407. The van der Waals surface area contributed by atoms with Gasteiger partial charge in [0, 0.05) is 54.7 Å². The van der Waals surface area contributed by atoms with Crippen LogP contribution in [-0.2, 0) is 4.74 Å². The molecule has 0 radical (unpaired) electrons. The SMILES string of the molecule is COC1=CCC2=NC=C(CCN(CC3CC3)C(=O)c3nc(C)sc3-c3ccc(OC)nc3)C2=C1C. The molecule has 3 heterocycles. The van der Waals surface area contributed by atoms with Gasteiger partial charge >= 0.3 is 0 Å². The van der Waals surface area contributed by atoms with E-state index in [9.17, 15) is 4.79 Å². The molecule has 0 bridgehead atoms. The summed E-state index contributed by atoms with van der Waals surface area (Å²) in [6.45, 7) is 5.41. The Hall–Kier alpha value is -3.26. The largest absolute Gasteiger partial charge is 0.497 e. The third-order valence-corrected chi connectivity index (χ3v) is 7.71.